The van der Waals surface area contributed by atoms with Gasteiger partial charge in [-0.1, -0.05) is 60.2 Å². The number of thioether (sulfide) groups is 1. The lowest BCUT2D eigenvalue weighted by atomic mass is 10.1. The minimum Gasteiger partial charge on any atom is -0.338 e. The number of hydrogen-bond acceptors (Lipinski definition) is 6. The summed E-state index contributed by atoms with van der Waals surface area (Å²) < 4.78 is 5.40. The third-order valence-corrected chi connectivity index (χ3v) is 5.78. The molecule has 2 heterocycles. The first-order chi connectivity index (χ1) is 14.1. The highest BCUT2D eigenvalue weighted by atomic mass is 32.2. The lowest BCUT2D eigenvalue weighted by Gasteiger charge is -2.03. The number of aromatic nitrogens is 4. The molecule has 0 aliphatic heterocycles. The summed E-state index contributed by atoms with van der Waals surface area (Å²) in [6.45, 7) is 6.31. The van der Waals surface area contributed by atoms with Crippen LogP contribution < -0.4 is 0 Å². The largest absolute Gasteiger partial charge is 0.338 e. The number of aryl methyl sites for hydroxylation is 3. The maximum Gasteiger partial charge on any atom is 0.237 e. The van der Waals surface area contributed by atoms with Crippen molar-refractivity contribution in [2.75, 3.05) is 0 Å². The summed E-state index contributed by atoms with van der Waals surface area (Å²) in [5.41, 5.74) is 6.67. The van der Waals surface area contributed by atoms with Crippen LogP contribution in [0.1, 0.15) is 29.5 Å². The van der Waals surface area contributed by atoms with Gasteiger partial charge in [-0.2, -0.15) is 4.98 Å². The Morgan fingerprint density at radius 3 is 2.34 bits per heavy atom. The van der Waals surface area contributed by atoms with Crippen molar-refractivity contribution in [1.29, 1.82) is 0 Å². The van der Waals surface area contributed by atoms with Crippen LogP contribution in [0.5, 0.6) is 0 Å². The van der Waals surface area contributed by atoms with Gasteiger partial charge in [0, 0.05) is 11.1 Å². The SMILES string of the molecule is CCc1ccc(-c2ccc(SCc3nc(-c4ccc(C)c(C)c4)no3)nn2)cc1. The Labute approximate surface area is 174 Å². The molecule has 146 valence electrons. The van der Waals surface area contributed by atoms with E-state index in [1.54, 1.807) is 0 Å². The van der Waals surface area contributed by atoms with Crippen molar-refractivity contribution < 1.29 is 4.52 Å². The molecule has 0 unspecified atom stereocenters. The first-order valence-corrected chi connectivity index (χ1v) is 10.6. The Balaban J connectivity index is 1.40. The van der Waals surface area contributed by atoms with Crippen LogP contribution in [0.2, 0.25) is 0 Å². The Hall–Kier alpha value is -2.99. The summed E-state index contributed by atoms with van der Waals surface area (Å²) in [5, 5.41) is 13.6. The van der Waals surface area contributed by atoms with Crippen LogP contribution >= 0.6 is 11.8 Å². The molecule has 0 atom stereocenters. The number of hydrogen-bond donors (Lipinski definition) is 0. The van der Waals surface area contributed by atoms with Crippen molar-refractivity contribution in [2.45, 2.75) is 38.0 Å². The van der Waals surface area contributed by atoms with Gasteiger partial charge >= 0.3 is 0 Å². The van der Waals surface area contributed by atoms with Gasteiger partial charge < -0.3 is 4.52 Å². The Morgan fingerprint density at radius 1 is 0.862 bits per heavy atom. The van der Waals surface area contributed by atoms with Crippen molar-refractivity contribution in [3.8, 4) is 22.6 Å². The topological polar surface area (TPSA) is 64.7 Å². The van der Waals surface area contributed by atoms with Crippen molar-refractivity contribution in [1.82, 2.24) is 20.3 Å². The van der Waals surface area contributed by atoms with E-state index >= 15 is 0 Å². The second-order valence-electron chi connectivity index (χ2n) is 6.91. The highest BCUT2D eigenvalue weighted by Gasteiger charge is 2.11. The van der Waals surface area contributed by atoms with Gasteiger partial charge in [-0.3, -0.25) is 0 Å². The molecule has 0 saturated carbocycles. The first-order valence-electron chi connectivity index (χ1n) is 9.58. The third-order valence-electron chi connectivity index (χ3n) is 4.87. The molecule has 6 heteroatoms. The van der Waals surface area contributed by atoms with Crippen LogP contribution in [0.3, 0.4) is 0 Å². The predicted molar refractivity (Wildman–Crippen MR) is 116 cm³/mol. The molecular weight excluding hydrogens is 380 g/mol. The standard InChI is InChI=1S/C23H22N4OS/c1-4-17-6-9-18(10-7-17)20-11-12-22(26-25-20)29-14-21-24-23(27-28-21)19-8-5-15(2)16(3)13-19/h5-13H,4,14H2,1-3H3. The van der Waals surface area contributed by atoms with Gasteiger partial charge in [0.15, 0.2) is 0 Å². The Morgan fingerprint density at radius 2 is 1.66 bits per heavy atom. The second-order valence-corrected chi connectivity index (χ2v) is 7.90. The van der Waals surface area contributed by atoms with E-state index in [1.807, 2.05) is 18.2 Å². The van der Waals surface area contributed by atoms with Crippen molar-refractivity contribution in [3.63, 3.8) is 0 Å². The molecule has 0 bridgehead atoms. The molecule has 5 nitrogen and oxygen atoms in total. The summed E-state index contributed by atoms with van der Waals surface area (Å²) in [7, 11) is 0. The first kappa shape index (κ1) is 19.3. The minimum absolute atomic E-state index is 0.553. The van der Waals surface area contributed by atoms with Crippen molar-refractivity contribution in [2.24, 2.45) is 0 Å². The highest BCUT2D eigenvalue weighted by Crippen LogP contribution is 2.24. The smallest absolute Gasteiger partial charge is 0.237 e. The summed E-state index contributed by atoms with van der Waals surface area (Å²) in [6, 6.07) is 18.6. The van der Waals surface area contributed by atoms with Gasteiger partial charge in [0.05, 0.1) is 11.4 Å². The maximum absolute atomic E-state index is 5.40. The van der Waals surface area contributed by atoms with E-state index in [-0.39, 0.29) is 0 Å². The monoisotopic (exact) mass is 402 g/mol. The van der Waals surface area contributed by atoms with Gasteiger partial charge in [0.25, 0.3) is 0 Å². The van der Waals surface area contributed by atoms with E-state index in [0.717, 1.165) is 28.3 Å². The average molecular weight is 403 g/mol. The molecule has 0 amide bonds. The molecule has 2 aromatic heterocycles. The fraction of sp³-hybridized carbons (Fsp3) is 0.217. The molecule has 2 aromatic carbocycles. The normalized spacial score (nSPS) is 11.0. The number of benzene rings is 2. The zero-order valence-electron chi connectivity index (χ0n) is 16.7. The van der Waals surface area contributed by atoms with Crippen LogP contribution in [-0.4, -0.2) is 20.3 Å². The second kappa shape index (κ2) is 8.57. The molecular formula is C23H22N4OS. The lowest BCUT2D eigenvalue weighted by Crippen LogP contribution is -1.91. The molecule has 4 rings (SSSR count). The molecule has 0 radical (unpaired) electrons. The van der Waals surface area contributed by atoms with Gasteiger partial charge in [0.1, 0.15) is 5.03 Å². The highest BCUT2D eigenvalue weighted by molar-refractivity contribution is 7.98. The summed E-state index contributed by atoms with van der Waals surface area (Å²) >= 11 is 1.53. The van der Waals surface area contributed by atoms with E-state index in [0.29, 0.717) is 17.5 Å². The molecule has 0 saturated heterocycles. The Kier molecular flexibility index (Phi) is 5.71. The Bertz CT molecular complexity index is 1100. The van der Waals surface area contributed by atoms with E-state index in [1.165, 1.54) is 28.5 Å². The number of rotatable bonds is 6. The van der Waals surface area contributed by atoms with Gasteiger partial charge in [-0.15, -0.1) is 10.2 Å². The van der Waals surface area contributed by atoms with E-state index in [4.69, 9.17) is 4.52 Å². The summed E-state index contributed by atoms with van der Waals surface area (Å²) in [4.78, 5) is 4.50. The fourth-order valence-electron chi connectivity index (χ4n) is 2.91. The van der Waals surface area contributed by atoms with Crippen molar-refractivity contribution in [3.05, 3.63) is 77.2 Å². The fourth-order valence-corrected chi connectivity index (χ4v) is 3.56. The molecule has 4 aromatic rings. The van der Waals surface area contributed by atoms with Crippen LogP contribution in [0.15, 0.2) is 64.1 Å². The third kappa shape index (κ3) is 4.54. The van der Waals surface area contributed by atoms with E-state index < -0.39 is 0 Å². The molecule has 0 spiro atoms. The molecule has 0 aliphatic carbocycles. The van der Waals surface area contributed by atoms with E-state index in [2.05, 4.69) is 77.5 Å². The maximum atomic E-state index is 5.40. The van der Waals surface area contributed by atoms with Crippen LogP contribution in [0.25, 0.3) is 22.6 Å². The van der Waals surface area contributed by atoms with E-state index in [9.17, 15) is 0 Å². The molecule has 0 aliphatic rings. The minimum atomic E-state index is 0.553. The number of nitrogens with zero attached hydrogens (tertiary/aromatic N) is 4. The van der Waals surface area contributed by atoms with Crippen LogP contribution in [0.4, 0.5) is 0 Å². The molecule has 0 fully saturated rings. The van der Waals surface area contributed by atoms with Gasteiger partial charge in [-0.05, 0) is 55.2 Å². The predicted octanol–water partition coefficient (Wildman–Crippen LogP) is 5.67. The molecule has 29 heavy (non-hydrogen) atoms. The zero-order chi connectivity index (χ0) is 20.2. The van der Waals surface area contributed by atoms with Gasteiger partial charge in [0.2, 0.25) is 11.7 Å². The zero-order valence-corrected chi connectivity index (χ0v) is 17.5. The quantitative estimate of drug-likeness (QED) is 0.387. The summed E-state index contributed by atoms with van der Waals surface area (Å²) in [6.07, 6.45) is 1.03. The summed E-state index contributed by atoms with van der Waals surface area (Å²) in [5.74, 6) is 1.74. The van der Waals surface area contributed by atoms with Crippen LogP contribution in [-0.2, 0) is 12.2 Å². The molecule has 0 N–H and O–H groups in total. The lowest BCUT2D eigenvalue weighted by molar-refractivity contribution is 0.391. The van der Waals surface area contributed by atoms with Gasteiger partial charge in [-0.25, -0.2) is 0 Å². The average Bonchev–Trinajstić information content (AvgIpc) is 3.24. The van der Waals surface area contributed by atoms with Crippen molar-refractivity contribution >= 4 is 11.8 Å². The van der Waals surface area contributed by atoms with Crippen LogP contribution in [0, 0.1) is 13.8 Å².